The van der Waals surface area contributed by atoms with E-state index in [1.54, 1.807) is 14.2 Å². The Kier molecular flexibility index (Phi) is 4.86. The van der Waals surface area contributed by atoms with Gasteiger partial charge in [0, 0.05) is 12.7 Å². The van der Waals surface area contributed by atoms with Crippen LogP contribution in [0.4, 0.5) is 0 Å². The van der Waals surface area contributed by atoms with Gasteiger partial charge in [0.2, 0.25) is 0 Å². The molecule has 3 nitrogen and oxygen atoms in total. The van der Waals surface area contributed by atoms with Gasteiger partial charge in [-0.3, -0.25) is 0 Å². The summed E-state index contributed by atoms with van der Waals surface area (Å²) in [5.41, 5.74) is 0.626. The molecule has 2 aromatic carbocycles. The van der Waals surface area contributed by atoms with Crippen molar-refractivity contribution in [1.82, 2.24) is 0 Å². The molecule has 1 atom stereocenters. The minimum atomic E-state index is -0.569. The third-order valence-corrected chi connectivity index (χ3v) is 4.06. The Hall–Kier alpha value is -1.58. The van der Waals surface area contributed by atoms with Gasteiger partial charge in [-0.25, -0.2) is 0 Å². The Morgan fingerprint density at radius 2 is 1.81 bits per heavy atom. The Labute approximate surface area is 126 Å². The lowest BCUT2D eigenvalue weighted by molar-refractivity contribution is 0.00272. The van der Waals surface area contributed by atoms with E-state index in [1.807, 2.05) is 50.2 Å². The molecule has 0 bridgehead atoms. The molecule has 0 aliphatic heterocycles. The predicted molar refractivity (Wildman–Crippen MR) is 85.8 cm³/mol. The van der Waals surface area contributed by atoms with Crippen LogP contribution in [0.2, 0.25) is 0 Å². The normalized spacial score (nSPS) is 13.4. The van der Waals surface area contributed by atoms with Crippen molar-refractivity contribution in [1.29, 1.82) is 0 Å². The van der Waals surface area contributed by atoms with Crippen LogP contribution in [0, 0.1) is 0 Å². The van der Waals surface area contributed by atoms with E-state index in [1.165, 1.54) is 0 Å². The second kappa shape index (κ2) is 6.46. The molecule has 0 aliphatic carbocycles. The van der Waals surface area contributed by atoms with Gasteiger partial charge in [-0.05, 0) is 43.5 Å². The first-order valence-corrected chi connectivity index (χ1v) is 7.27. The fraction of sp³-hybridized carbons (Fsp3) is 0.444. The van der Waals surface area contributed by atoms with E-state index in [9.17, 15) is 5.11 Å². The molecule has 21 heavy (non-hydrogen) atoms. The Bertz CT molecular complexity index is 604. The lowest BCUT2D eigenvalue weighted by Gasteiger charge is -2.25. The van der Waals surface area contributed by atoms with Crippen LogP contribution in [0.1, 0.15) is 38.4 Å². The maximum Gasteiger partial charge on any atom is 0.125 e. The molecule has 0 amide bonds. The van der Waals surface area contributed by atoms with Crippen molar-refractivity contribution in [3.63, 3.8) is 0 Å². The Balaban J connectivity index is 2.35. The van der Waals surface area contributed by atoms with E-state index in [2.05, 4.69) is 0 Å². The zero-order valence-electron chi connectivity index (χ0n) is 13.2. The van der Waals surface area contributed by atoms with E-state index in [0.717, 1.165) is 28.5 Å². The lowest BCUT2D eigenvalue weighted by Crippen LogP contribution is -2.23. The van der Waals surface area contributed by atoms with Crippen LogP contribution in [-0.4, -0.2) is 24.9 Å². The molecular formula is C18H24O3. The summed E-state index contributed by atoms with van der Waals surface area (Å²) in [5, 5.41) is 12.8. The van der Waals surface area contributed by atoms with Gasteiger partial charge in [0.05, 0.1) is 18.8 Å². The molecule has 1 N–H and O–H groups in total. The van der Waals surface area contributed by atoms with Crippen molar-refractivity contribution in [2.75, 3.05) is 14.2 Å². The second-order valence-electron chi connectivity index (χ2n) is 5.92. The van der Waals surface area contributed by atoms with Crippen molar-refractivity contribution in [2.24, 2.45) is 0 Å². The number of ether oxygens (including phenoxy) is 2. The molecule has 0 saturated carbocycles. The molecule has 114 valence electrons. The summed E-state index contributed by atoms with van der Waals surface area (Å²) < 4.78 is 10.9. The first kappa shape index (κ1) is 15.8. The van der Waals surface area contributed by atoms with Gasteiger partial charge in [0.25, 0.3) is 0 Å². The first-order valence-electron chi connectivity index (χ1n) is 7.27. The van der Waals surface area contributed by atoms with Gasteiger partial charge in [-0.15, -0.1) is 0 Å². The van der Waals surface area contributed by atoms with Crippen LogP contribution in [0.5, 0.6) is 5.75 Å². The maximum absolute atomic E-state index is 10.7. The molecule has 0 saturated heterocycles. The summed E-state index contributed by atoms with van der Waals surface area (Å²) in [4.78, 5) is 0. The Morgan fingerprint density at radius 3 is 2.48 bits per heavy atom. The summed E-state index contributed by atoms with van der Waals surface area (Å²) >= 11 is 0. The van der Waals surface area contributed by atoms with Crippen LogP contribution >= 0.6 is 0 Å². The van der Waals surface area contributed by atoms with Gasteiger partial charge in [-0.2, -0.15) is 0 Å². The molecule has 0 heterocycles. The van der Waals surface area contributed by atoms with Crippen molar-refractivity contribution < 1.29 is 14.6 Å². The second-order valence-corrected chi connectivity index (χ2v) is 5.92. The van der Waals surface area contributed by atoms with Gasteiger partial charge >= 0.3 is 0 Å². The van der Waals surface area contributed by atoms with Crippen LogP contribution in [0.3, 0.4) is 0 Å². The lowest BCUT2D eigenvalue weighted by atomic mass is 9.93. The van der Waals surface area contributed by atoms with Gasteiger partial charge < -0.3 is 14.6 Å². The zero-order valence-corrected chi connectivity index (χ0v) is 13.2. The number of fused-ring (bicyclic) bond motifs is 1. The molecular weight excluding hydrogens is 264 g/mol. The van der Waals surface area contributed by atoms with Crippen LogP contribution in [0.25, 0.3) is 10.8 Å². The SMILES string of the molecule is COc1ccc2ccccc2c1C(O)CCC(C)(C)OC. The summed E-state index contributed by atoms with van der Waals surface area (Å²) in [6, 6.07) is 12.0. The molecule has 0 aromatic heterocycles. The maximum atomic E-state index is 10.7. The smallest absolute Gasteiger partial charge is 0.125 e. The van der Waals surface area contributed by atoms with Gasteiger partial charge in [0.1, 0.15) is 5.75 Å². The average molecular weight is 288 g/mol. The largest absolute Gasteiger partial charge is 0.496 e. The number of methoxy groups -OCH3 is 2. The Morgan fingerprint density at radius 1 is 1.10 bits per heavy atom. The minimum absolute atomic E-state index is 0.237. The van der Waals surface area contributed by atoms with Gasteiger partial charge in [-0.1, -0.05) is 30.3 Å². The van der Waals surface area contributed by atoms with Crippen molar-refractivity contribution >= 4 is 10.8 Å². The van der Waals surface area contributed by atoms with Crippen LogP contribution in [-0.2, 0) is 4.74 Å². The molecule has 0 fully saturated rings. The van der Waals surface area contributed by atoms with Gasteiger partial charge in [0.15, 0.2) is 0 Å². The third-order valence-electron chi connectivity index (χ3n) is 4.06. The zero-order chi connectivity index (χ0) is 15.5. The highest BCUT2D eigenvalue weighted by Gasteiger charge is 2.22. The standard InChI is InChI=1S/C18H24O3/c1-18(2,21-4)12-11-15(19)17-14-8-6-5-7-13(14)9-10-16(17)20-3/h5-10,15,19H,11-12H2,1-4H3. The number of benzene rings is 2. The van der Waals surface area contributed by atoms with Crippen molar-refractivity contribution in [3.8, 4) is 5.75 Å². The highest BCUT2D eigenvalue weighted by molar-refractivity contribution is 5.88. The van der Waals surface area contributed by atoms with Crippen LogP contribution < -0.4 is 4.74 Å². The fourth-order valence-electron chi connectivity index (χ4n) is 2.53. The third kappa shape index (κ3) is 3.55. The monoisotopic (exact) mass is 288 g/mol. The van der Waals surface area contributed by atoms with E-state index < -0.39 is 6.10 Å². The van der Waals surface area contributed by atoms with E-state index in [-0.39, 0.29) is 5.60 Å². The van der Waals surface area contributed by atoms with E-state index in [0.29, 0.717) is 6.42 Å². The molecule has 2 rings (SSSR count). The molecule has 0 aliphatic rings. The minimum Gasteiger partial charge on any atom is -0.496 e. The number of aliphatic hydroxyl groups is 1. The molecule has 1 unspecified atom stereocenters. The van der Waals surface area contributed by atoms with Crippen LogP contribution in [0.15, 0.2) is 36.4 Å². The van der Waals surface area contributed by atoms with Crippen molar-refractivity contribution in [2.45, 2.75) is 38.4 Å². The molecule has 0 spiro atoms. The number of hydrogen-bond donors (Lipinski definition) is 1. The summed E-state index contributed by atoms with van der Waals surface area (Å²) in [6.07, 6.45) is 0.836. The highest BCUT2D eigenvalue weighted by atomic mass is 16.5. The predicted octanol–water partition coefficient (Wildman–Crippen LogP) is 4.09. The summed E-state index contributed by atoms with van der Waals surface area (Å²) in [6.45, 7) is 4.06. The molecule has 0 radical (unpaired) electrons. The first-order chi connectivity index (χ1) is 9.98. The summed E-state index contributed by atoms with van der Waals surface area (Å²) in [5.74, 6) is 0.733. The highest BCUT2D eigenvalue weighted by Crippen LogP contribution is 2.36. The van der Waals surface area contributed by atoms with Crippen molar-refractivity contribution in [3.05, 3.63) is 42.0 Å². The van der Waals surface area contributed by atoms with E-state index >= 15 is 0 Å². The molecule has 2 aromatic rings. The summed E-state index contributed by atoms with van der Waals surface area (Å²) in [7, 11) is 3.34. The number of hydrogen-bond acceptors (Lipinski definition) is 3. The average Bonchev–Trinajstić information content (AvgIpc) is 2.51. The van der Waals surface area contributed by atoms with E-state index in [4.69, 9.17) is 9.47 Å². The molecule has 3 heteroatoms. The number of rotatable bonds is 6. The fourth-order valence-corrected chi connectivity index (χ4v) is 2.53. The topological polar surface area (TPSA) is 38.7 Å². The quantitative estimate of drug-likeness (QED) is 0.870. The number of aliphatic hydroxyl groups excluding tert-OH is 1.